The highest BCUT2D eigenvalue weighted by molar-refractivity contribution is 6.30. The third kappa shape index (κ3) is 4.17. The molecule has 2 rings (SSSR count). The van der Waals surface area contributed by atoms with Crippen LogP contribution in [-0.2, 0) is 12.0 Å². The number of halogens is 1. The lowest BCUT2D eigenvalue weighted by Gasteiger charge is -2.19. The average molecular weight is 308 g/mol. The van der Waals surface area contributed by atoms with Crippen molar-refractivity contribution in [2.24, 2.45) is 0 Å². The van der Waals surface area contributed by atoms with E-state index < -0.39 is 0 Å². The lowest BCUT2D eigenvalue weighted by atomic mass is 9.95. The van der Waals surface area contributed by atoms with Gasteiger partial charge >= 0.3 is 0 Å². The summed E-state index contributed by atoms with van der Waals surface area (Å²) in [4.78, 5) is 8.98. The Morgan fingerprint density at radius 1 is 1.29 bits per heavy atom. The van der Waals surface area contributed by atoms with Crippen LogP contribution < -0.4 is 5.32 Å². The second-order valence-corrected chi connectivity index (χ2v) is 6.47. The third-order valence-electron chi connectivity index (χ3n) is 3.17. The molecule has 0 bridgehead atoms. The molecule has 1 N–H and O–H groups in total. The van der Waals surface area contributed by atoms with Gasteiger partial charge in [-0.3, -0.25) is 4.68 Å². The number of aromatic nitrogens is 4. The van der Waals surface area contributed by atoms with Gasteiger partial charge in [0.2, 0.25) is 0 Å². The van der Waals surface area contributed by atoms with E-state index in [-0.39, 0.29) is 5.41 Å². The van der Waals surface area contributed by atoms with E-state index in [1.165, 1.54) is 0 Å². The zero-order valence-electron chi connectivity index (χ0n) is 13.0. The number of aryl methyl sites for hydroxylation is 1. The molecule has 0 aromatic carbocycles. The molecule has 0 amide bonds. The van der Waals surface area contributed by atoms with Crippen LogP contribution in [0.2, 0.25) is 5.15 Å². The molecule has 0 aliphatic carbocycles. The third-order valence-corrected chi connectivity index (χ3v) is 3.54. The maximum atomic E-state index is 6.21. The molecule has 2 heterocycles. The quantitative estimate of drug-likeness (QED) is 0.679. The minimum atomic E-state index is -0.122. The van der Waals surface area contributed by atoms with Crippen molar-refractivity contribution in [1.29, 1.82) is 0 Å². The molecule has 0 aliphatic rings. The Morgan fingerprint density at radius 2 is 2.05 bits per heavy atom. The SMILES string of the molecule is Cc1c(Cl)nc(C(C)(C)C)nc1NCCCn1cccn1. The smallest absolute Gasteiger partial charge is 0.137 e. The fourth-order valence-corrected chi connectivity index (χ4v) is 2.05. The minimum Gasteiger partial charge on any atom is -0.370 e. The first kappa shape index (κ1) is 15.8. The van der Waals surface area contributed by atoms with Crippen molar-refractivity contribution < 1.29 is 0 Å². The predicted molar refractivity (Wildman–Crippen MR) is 85.8 cm³/mol. The number of hydrogen-bond donors (Lipinski definition) is 1. The number of anilines is 1. The Morgan fingerprint density at radius 3 is 2.67 bits per heavy atom. The van der Waals surface area contributed by atoms with E-state index in [0.717, 1.165) is 36.7 Å². The molecule has 0 saturated carbocycles. The average Bonchev–Trinajstić information content (AvgIpc) is 2.91. The van der Waals surface area contributed by atoms with Gasteiger partial charge in [-0.2, -0.15) is 5.10 Å². The lowest BCUT2D eigenvalue weighted by Crippen LogP contribution is -2.19. The molecular formula is C15H22ClN5. The van der Waals surface area contributed by atoms with E-state index in [2.05, 4.69) is 41.2 Å². The topological polar surface area (TPSA) is 55.6 Å². The number of nitrogens with one attached hydrogen (secondary N) is 1. The van der Waals surface area contributed by atoms with Crippen LogP contribution in [0.3, 0.4) is 0 Å². The van der Waals surface area contributed by atoms with E-state index >= 15 is 0 Å². The van der Waals surface area contributed by atoms with E-state index in [1.54, 1.807) is 6.20 Å². The summed E-state index contributed by atoms with van der Waals surface area (Å²) in [6.45, 7) is 9.87. The van der Waals surface area contributed by atoms with Crippen molar-refractivity contribution in [1.82, 2.24) is 19.7 Å². The highest BCUT2D eigenvalue weighted by Gasteiger charge is 2.20. The Kier molecular flexibility index (Phi) is 4.83. The van der Waals surface area contributed by atoms with Gasteiger partial charge in [-0.15, -0.1) is 0 Å². The lowest BCUT2D eigenvalue weighted by molar-refractivity contribution is 0.544. The van der Waals surface area contributed by atoms with Crippen LogP contribution in [0.25, 0.3) is 0 Å². The number of hydrogen-bond acceptors (Lipinski definition) is 4. The molecule has 21 heavy (non-hydrogen) atoms. The van der Waals surface area contributed by atoms with Crippen molar-refractivity contribution in [3.63, 3.8) is 0 Å². The molecule has 0 unspecified atom stereocenters. The number of rotatable bonds is 5. The summed E-state index contributed by atoms with van der Waals surface area (Å²) in [7, 11) is 0. The van der Waals surface area contributed by atoms with Crippen LogP contribution in [0, 0.1) is 6.92 Å². The molecule has 114 valence electrons. The van der Waals surface area contributed by atoms with E-state index in [9.17, 15) is 0 Å². The second-order valence-electron chi connectivity index (χ2n) is 6.11. The first-order chi connectivity index (χ1) is 9.88. The van der Waals surface area contributed by atoms with Crippen molar-refractivity contribution in [2.45, 2.75) is 46.1 Å². The summed E-state index contributed by atoms with van der Waals surface area (Å²) in [6, 6.07) is 1.93. The Hall–Kier alpha value is -1.62. The molecular weight excluding hydrogens is 286 g/mol. The zero-order valence-corrected chi connectivity index (χ0v) is 13.8. The largest absolute Gasteiger partial charge is 0.370 e. The van der Waals surface area contributed by atoms with Crippen LogP contribution in [0.4, 0.5) is 5.82 Å². The van der Waals surface area contributed by atoms with Gasteiger partial charge in [0.15, 0.2) is 0 Å². The highest BCUT2D eigenvalue weighted by Crippen LogP contribution is 2.25. The fourth-order valence-electron chi connectivity index (χ4n) is 1.88. The monoisotopic (exact) mass is 307 g/mol. The van der Waals surface area contributed by atoms with E-state index in [0.29, 0.717) is 5.15 Å². The summed E-state index contributed by atoms with van der Waals surface area (Å²) < 4.78 is 1.92. The van der Waals surface area contributed by atoms with E-state index in [1.807, 2.05) is 23.9 Å². The van der Waals surface area contributed by atoms with Gasteiger partial charge in [-0.25, -0.2) is 9.97 Å². The first-order valence-corrected chi connectivity index (χ1v) is 7.51. The highest BCUT2D eigenvalue weighted by atomic mass is 35.5. The summed E-state index contributed by atoms with van der Waals surface area (Å²) in [5.74, 6) is 1.58. The van der Waals surface area contributed by atoms with Crippen molar-refractivity contribution >= 4 is 17.4 Å². The van der Waals surface area contributed by atoms with Crippen LogP contribution in [0.1, 0.15) is 38.6 Å². The van der Waals surface area contributed by atoms with Gasteiger partial charge in [-0.1, -0.05) is 32.4 Å². The predicted octanol–water partition coefficient (Wildman–Crippen LogP) is 3.43. The molecule has 0 atom stereocenters. The molecule has 2 aromatic rings. The fraction of sp³-hybridized carbons (Fsp3) is 0.533. The zero-order chi connectivity index (χ0) is 15.5. The summed E-state index contributed by atoms with van der Waals surface area (Å²) in [6.07, 6.45) is 4.72. The Balaban J connectivity index is 2.00. The van der Waals surface area contributed by atoms with Gasteiger partial charge in [0.1, 0.15) is 16.8 Å². The number of nitrogens with zero attached hydrogens (tertiary/aromatic N) is 4. The van der Waals surface area contributed by atoms with E-state index in [4.69, 9.17) is 11.6 Å². The van der Waals surface area contributed by atoms with Gasteiger partial charge in [0.05, 0.1) is 0 Å². The van der Waals surface area contributed by atoms with Crippen molar-refractivity contribution in [2.75, 3.05) is 11.9 Å². The molecule has 0 radical (unpaired) electrons. The molecule has 0 saturated heterocycles. The van der Waals surface area contributed by atoms with Gasteiger partial charge in [0, 0.05) is 36.5 Å². The molecule has 6 heteroatoms. The summed E-state index contributed by atoms with van der Waals surface area (Å²) in [5.41, 5.74) is 0.770. The summed E-state index contributed by atoms with van der Waals surface area (Å²) >= 11 is 6.21. The van der Waals surface area contributed by atoms with Gasteiger partial charge in [0.25, 0.3) is 0 Å². The maximum Gasteiger partial charge on any atom is 0.137 e. The molecule has 0 fully saturated rings. The van der Waals surface area contributed by atoms with Gasteiger partial charge < -0.3 is 5.32 Å². The van der Waals surface area contributed by atoms with Crippen molar-refractivity contribution in [3.05, 3.63) is 35.0 Å². The molecule has 5 nitrogen and oxygen atoms in total. The van der Waals surface area contributed by atoms with Crippen LogP contribution >= 0.6 is 11.6 Å². The maximum absolute atomic E-state index is 6.21. The second kappa shape index (κ2) is 6.43. The molecule has 0 aliphatic heterocycles. The standard InChI is InChI=1S/C15H22ClN5/c1-11-12(16)19-14(15(2,3)4)20-13(11)17-7-5-9-21-10-6-8-18-21/h6,8,10H,5,7,9H2,1-4H3,(H,17,19,20). The normalized spacial score (nSPS) is 11.7. The minimum absolute atomic E-state index is 0.122. The van der Waals surface area contributed by atoms with Crippen LogP contribution in [0.5, 0.6) is 0 Å². The Bertz CT molecular complexity index is 587. The van der Waals surface area contributed by atoms with Gasteiger partial charge in [-0.05, 0) is 19.4 Å². The van der Waals surface area contributed by atoms with Crippen LogP contribution in [-0.4, -0.2) is 26.3 Å². The molecule has 2 aromatic heterocycles. The van der Waals surface area contributed by atoms with Crippen molar-refractivity contribution in [3.8, 4) is 0 Å². The Labute approximate surface area is 130 Å². The summed E-state index contributed by atoms with van der Waals surface area (Å²) in [5, 5.41) is 8.05. The van der Waals surface area contributed by atoms with Crippen LogP contribution in [0.15, 0.2) is 18.5 Å². The first-order valence-electron chi connectivity index (χ1n) is 7.14. The molecule has 0 spiro atoms.